The molecule has 1 aromatic heterocycles. The summed E-state index contributed by atoms with van der Waals surface area (Å²) < 4.78 is 5.11. The van der Waals surface area contributed by atoms with Crippen molar-refractivity contribution >= 4 is 17.6 Å². The molecule has 0 saturated carbocycles. The fourth-order valence-electron chi connectivity index (χ4n) is 3.86. The molecule has 23 heavy (non-hydrogen) atoms. The summed E-state index contributed by atoms with van der Waals surface area (Å²) in [6.45, 7) is 4.86. The predicted octanol–water partition coefficient (Wildman–Crippen LogP) is 1.20. The van der Waals surface area contributed by atoms with Crippen molar-refractivity contribution in [3.63, 3.8) is 0 Å². The largest absolute Gasteiger partial charge is 0.481 e. The Bertz CT molecular complexity index is 585. The summed E-state index contributed by atoms with van der Waals surface area (Å²) >= 11 is 6.17. The van der Waals surface area contributed by atoms with Crippen LogP contribution in [0.5, 0.6) is 0 Å². The number of carboxylic acid groups (broad SMARTS) is 1. The molecule has 2 fully saturated rings. The topological polar surface area (TPSA) is 65.9 Å². The number of methoxy groups -OCH3 is 1. The lowest BCUT2D eigenvalue weighted by Gasteiger charge is -2.25. The summed E-state index contributed by atoms with van der Waals surface area (Å²) in [5.74, 6) is -0.539. The number of pyridine rings is 1. The number of hydrogen-bond donors (Lipinski definition) is 1. The molecule has 1 N–H and O–H groups in total. The third-order valence-electron chi connectivity index (χ3n) is 5.04. The van der Waals surface area contributed by atoms with E-state index >= 15 is 0 Å². The Kier molecular flexibility index (Phi) is 4.87. The number of rotatable bonds is 6. The molecule has 1 aromatic rings. The normalized spacial score (nSPS) is 28.2. The van der Waals surface area contributed by atoms with E-state index in [1.54, 1.807) is 19.5 Å². The van der Waals surface area contributed by atoms with Crippen molar-refractivity contribution < 1.29 is 14.6 Å². The number of ether oxygens (including phenoxy) is 1. The van der Waals surface area contributed by atoms with Gasteiger partial charge in [-0.15, -0.1) is 0 Å². The number of carboxylic acids is 1. The van der Waals surface area contributed by atoms with E-state index in [1.165, 1.54) is 0 Å². The van der Waals surface area contributed by atoms with Gasteiger partial charge in [0.2, 0.25) is 0 Å². The molecule has 0 aliphatic carbocycles. The van der Waals surface area contributed by atoms with Crippen LogP contribution < -0.4 is 0 Å². The van der Waals surface area contributed by atoms with Crippen molar-refractivity contribution in [3.05, 3.63) is 29.0 Å². The molecule has 0 radical (unpaired) electrons. The molecular weight excluding hydrogens is 318 g/mol. The van der Waals surface area contributed by atoms with Crippen LogP contribution in [-0.4, -0.2) is 72.3 Å². The van der Waals surface area contributed by atoms with E-state index in [1.807, 2.05) is 6.07 Å². The highest BCUT2D eigenvalue weighted by atomic mass is 35.5. The van der Waals surface area contributed by atoms with Crippen LogP contribution in [0.2, 0.25) is 5.02 Å². The van der Waals surface area contributed by atoms with Gasteiger partial charge in [-0.25, -0.2) is 0 Å². The van der Waals surface area contributed by atoms with Crippen LogP contribution in [0.1, 0.15) is 5.56 Å². The minimum atomic E-state index is -0.689. The van der Waals surface area contributed by atoms with Crippen molar-refractivity contribution in [2.75, 3.05) is 46.4 Å². The van der Waals surface area contributed by atoms with Gasteiger partial charge in [-0.05, 0) is 11.6 Å². The Labute approximate surface area is 141 Å². The third kappa shape index (κ3) is 3.21. The summed E-state index contributed by atoms with van der Waals surface area (Å²) in [5, 5.41) is 10.5. The van der Waals surface area contributed by atoms with Gasteiger partial charge in [0, 0.05) is 64.7 Å². The molecule has 0 bridgehead atoms. The van der Waals surface area contributed by atoms with Crippen LogP contribution in [0.25, 0.3) is 0 Å². The first-order valence-electron chi connectivity index (χ1n) is 7.80. The Hall–Kier alpha value is -1.21. The van der Waals surface area contributed by atoms with Crippen LogP contribution in [0.15, 0.2) is 18.5 Å². The van der Waals surface area contributed by atoms with Gasteiger partial charge in [-0.1, -0.05) is 11.6 Å². The number of likely N-dealkylation sites (tertiary alicyclic amines) is 2. The highest BCUT2D eigenvalue weighted by Gasteiger charge is 2.57. The van der Waals surface area contributed by atoms with Crippen LogP contribution in [0.4, 0.5) is 0 Å². The van der Waals surface area contributed by atoms with Gasteiger partial charge in [-0.2, -0.15) is 0 Å². The lowest BCUT2D eigenvalue weighted by molar-refractivity contribution is -0.149. The minimum Gasteiger partial charge on any atom is -0.481 e. The summed E-state index contributed by atoms with van der Waals surface area (Å²) in [6.07, 6.45) is 3.35. The summed E-state index contributed by atoms with van der Waals surface area (Å²) in [7, 11) is 1.67. The third-order valence-corrected chi connectivity index (χ3v) is 5.38. The molecule has 2 aliphatic rings. The van der Waals surface area contributed by atoms with E-state index in [2.05, 4.69) is 14.8 Å². The first-order chi connectivity index (χ1) is 11.0. The van der Waals surface area contributed by atoms with Crippen molar-refractivity contribution in [2.24, 2.45) is 11.3 Å². The van der Waals surface area contributed by atoms with Gasteiger partial charge in [0.15, 0.2) is 0 Å². The standard InChI is InChI=1S/C16H22ClN3O3/c1-23-5-4-19-8-13-9-20(11-16(13,10-19)15(21)22)7-12-2-3-18-6-14(12)17/h2-3,6,13H,4-5,7-11H2,1H3,(H,21,22)/t13-,16-/m0/s1. The summed E-state index contributed by atoms with van der Waals surface area (Å²) in [5.41, 5.74) is 0.325. The highest BCUT2D eigenvalue weighted by molar-refractivity contribution is 6.31. The van der Waals surface area contributed by atoms with Gasteiger partial charge >= 0.3 is 5.97 Å². The SMILES string of the molecule is COCCN1C[C@H]2CN(Cc3ccncc3Cl)C[C@@]2(C(=O)O)C1. The van der Waals surface area contributed by atoms with Crippen molar-refractivity contribution in [2.45, 2.75) is 6.54 Å². The maximum Gasteiger partial charge on any atom is 0.312 e. The number of hydrogen-bond acceptors (Lipinski definition) is 5. The average molecular weight is 340 g/mol. The maximum absolute atomic E-state index is 12.0. The number of fused-ring (bicyclic) bond motifs is 1. The smallest absolute Gasteiger partial charge is 0.312 e. The maximum atomic E-state index is 12.0. The Morgan fingerprint density at radius 2 is 2.22 bits per heavy atom. The first-order valence-corrected chi connectivity index (χ1v) is 8.18. The Balaban J connectivity index is 1.69. The van der Waals surface area contributed by atoms with E-state index in [9.17, 15) is 9.90 Å². The van der Waals surface area contributed by atoms with Gasteiger partial charge in [0.25, 0.3) is 0 Å². The molecule has 2 atom stereocenters. The summed E-state index contributed by atoms with van der Waals surface area (Å²) in [6, 6.07) is 1.90. The fourth-order valence-corrected chi connectivity index (χ4v) is 4.04. The molecule has 7 heteroatoms. The molecule has 2 saturated heterocycles. The van der Waals surface area contributed by atoms with E-state index in [0.717, 1.165) is 25.2 Å². The van der Waals surface area contributed by atoms with Crippen molar-refractivity contribution in [1.82, 2.24) is 14.8 Å². The number of halogens is 1. The van der Waals surface area contributed by atoms with Gasteiger partial charge in [-0.3, -0.25) is 19.6 Å². The molecule has 0 unspecified atom stereocenters. The monoisotopic (exact) mass is 339 g/mol. The fraction of sp³-hybridized carbons (Fsp3) is 0.625. The molecule has 3 rings (SSSR count). The van der Waals surface area contributed by atoms with E-state index in [0.29, 0.717) is 31.3 Å². The van der Waals surface area contributed by atoms with Crippen molar-refractivity contribution in [3.8, 4) is 0 Å². The molecule has 2 aliphatic heterocycles. The second-order valence-corrected chi connectivity index (χ2v) is 6.93. The molecule has 0 spiro atoms. The second kappa shape index (κ2) is 6.73. The van der Waals surface area contributed by atoms with Crippen LogP contribution >= 0.6 is 11.6 Å². The van der Waals surface area contributed by atoms with Gasteiger partial charge < -0.3 is 9.84 Å². The van der Waals surface area contributed by atoms with E-state index in [-0.39, 0.29) is 5.92 Å². The molecule has 6 nitrogen and oxygen atoms in total. The minimum absolute atomic E-state index is 0.150. The zero-order chi connectivity index (χ0) is 16.4. The molecule has 126 valence electrons. The average Bonchev–Trinajstić information content (AvgIpc) is 3.02. The number of carbonyl (C=O) groups is 1. The van der Waals surface area contributed by atoms with Crippen molar-refractivity contribution in [1.29, 1.82) is 0 Å². The quantitative estimate of drug-likeness (QED) is 0.840. The van der Waals surface area contributed by atoms with Crippen LogP contribution in [-0.2, 0) is 16.1 Å². The Morgan fingerprint density at radius 3 is 2.87 bits per heavy atom. The van der Waals surface area contributed by atoms with Gasteiger partial charge in [0.1, 0.15) is 0 Å². The molecule has 3 heterocycles. The molecular formula is C16H22ClN3O3. The van der Waals surface area contributed by atoms with Crippen LogP contribution in [0.3, 0.4) is 0 Å². The number of aromatic nitrogens is 1. The van der Waals surface area contributed by atoms with E-state index < -0.39 is 11.4 Å². The lowest BCUT2D eigenvalue weighted by atomic mass is 9.81. The zero-order valence-corrected chi connectivity index (χ0v) is 14.0. The zero-order valence-electron chi connectivity index (χ0n) is 13.2. The summed E-state index contributed by atoms with van der Waals surface area (Å²) in [4.78, 5) is 20.4. The molecule has 0 amide bonds. The first kappa shape index (κ1) is 16.6. The second-order valence-electron chi connectivity index (χ2n) is 6.52. The highest BCUT2D eigenvalue weighted by Crippen LogP contribution is 2.43. The predicted molar refractivity (Wildman–Crippen MR) is 86.4 cm³/mol. The van der Waals surface area contributed by atoms with E-state index in [4.69, 9.17) is 16.3 Å². The van der Waals surface area contributed by atoms with Crippen LogP contribution in [0, 0.1) is 11.3 Å². The van der Waals surface area contributed by atoms with Gasteiger partial charge in [0.05, 0.1) is 17.0 Å². The lowest BCUT2D eigenvalue weighted by Crippen LogP contribution is -2.41. The number of aliphatic carboxylic acids is 1. The molecule has 0 aromatic carbocycles. The Morgan fingerprint density at radius 1 is 1.48 bits per heavy atom. The number of nitrogens with zero attached hydrogens (tertiary/aromatic N) is 3.